The average molecular weight is 319 g/mol. The summed E-state index contributed by atoms with van der Waals surface area (Å²) < 4.78 is 1.51. The molecule has 0 aliphatic carbocycles. The summed E-state index contributed by atoms with van der Waals surface area (Å²) in [5.74, 6) is 0.627. The highest BCUT2D eigenvalue weighted by atomic mass is 16.3. The Kier molecular flexibility index (Phi) is 5.60. The summed E-state index contributed by atoms with van der Waals surface area (Å²) in [5.41, 5.74) is 1.74. The number of carbonyl (C=O) groups excluding carboxylic acids is 1. The third-order valence-corrected chi connectivity index (χ3v) is 4.06. The molecule has 0 saturated carbocycles. The molecule has 1 unspecified atom stereocenters. The number of aromatic nitrogens is 2. The molecule has 1 heterocycles. The molecule has 6 heteroatoms. The van der Waals surface area contributed by atoms with Gasteiger partial charge in [-0.3, -0.25) is 9.36 Å². The molecule has 1 aromatic heterocycles. The molecular weight excluding hydrogens is 294 g/mol. The van der Waals surface area contributed by atoms with Crippen LogP contribution in [-0.2, 0) is 7.05 Å². The van der Waals surface area contributed by atoms with Gasteiger partial charge in [-0.05, 0) is 42.9 Å². The molecule has 3 N–H and O–H groups in total. The summed E-state index contributed by atoms with van der Waals surface area (Å²) in [6, 6.07) is 5.17. The Morgan fingerprint density at radius 1 is 1.39 bits per heavy atom. The van der Waals surface area contributed by atoms with E-state index < -0.39 is 0 Å². The Balaban J connectivity index is 2.06. The Bertz CT molecular complexity index is 730. The molecule has 6 nitrogen and oxygen atoms in total. The van der Waals surface area contributed by atoms with Crippen LogP contribution >= 0.6 is 0 Å². The quantitative estimate of drug-likeness (QED) is 0.725. The van der Waals surface area contributed by atoms with Gasteiger partial charge in [-0.25, -0.2) is 4.79 Å². The minimum absolute atomic E-state index is 0.129. The number of carbonyl (C=O) groups is 1. The standard InChI is InChI=1S/C17H25N3O3/c1-11(2)8-12(6-7-21)10-18-16(22)13-4-5-15-14(9-13)19-17(23)20(15)3/h4-5,9,11-12,21H,6-8,10H2,1-3H3,(H,18,22)(H,19,23). The lowest BCUT2D eigenvalue weighted by atomic mass is 9.94. The van der Waals surface area contributed by atoms with E-state index in [9.17, 15) is 9.59 Å². The first-order valence-corrected chi connectivity index (χ1v) is 8.00. The summed E-state index contributed by atoms with van der Waals surface area (Å²) in [6.07, 6.45) is 1.65. The highest BCUT2D eigenvalue weighted by Crippen LogP contribution is 2.15. The highest BCUT2D eigenvalue weighted by Gasteiger charge is 2.14. The van der Waals surface area contributed by atoms with E-state index in [1.54, 1.807) is 25.2 Å². The zero-order valence-electron chi connectivity index (χ0n) is 13.9. The molecule has 0 aliphatic heterocycles. The smallest absolute Gasteiger partial charge is 0.326 e. The fourth-order valence-corrected chi connectivity index (χ4v) is 2.87. The van der Waals surface area contributed by atoms with Crippen molar-refractivity contribution in [2.24, 2.45) is 18.9 Å². The van der Waals surface area contributed by atoms with Gasteiger partial charge in [-0.1, -0.05) is 13.8 Å². The minimum atomic E-state index is -0.197. The number of aliphatic hydroxyl groups is 1. The normalized spacial score (nSPS) is 12.7. The summed E-state index contributed by atoms with van der Waals surface area (Å²) in [4.78, 5) is 26.6. The van der Waals surface area contributed by atoms with E-state index >= 15 is 0 Å². The molecule has 1 aromatic carbocycles. The molecule has 0 aliphatic rings. The van der Waals surface area contributed by atoms with Crippen molar-refractivity contribution in [1.29, 1.82) is 0 Å². The third-order valence-electron chi connectivity index (χ3n) is 4.06. The van der Waals surface area contributed by atoms with Crippen molar-refractivity contribution in [3.05, 3.63) is 34.2 Å². The molecular formula is C17H25N3O3. The number of imidazole rings is 1. The third kappa shape index (κ3) is 4.22. The molecule has 1 amide bonds. The van der Waals surface area contributed by atoms with E-state index in [2.05, 4.69) is 24.1 Å². The largest absolute Gasteiger partial charge is 0.396 e. The Hall–Kier alpha value is -2.08. The number of hydrogen-bond acceptors (Lipinski definition) is 3. The SMILES string of the molecule is CC(C)CC(CCO)CNC(=O)c1ccc2c(c1)[nH]c(=O)n2C. The second-order valence-corrected chi connectivity index (χ2v) is 6.44. The van der Waals surface area contributed by atoms with Gasteiger partial charge in [0.25, 0.3) is 5.91 Å². The van der Waals surface area contributed by atoms with Crippen LogP contribution in [0.4, 0.5) is 0 Å². The first kappa shape index (κ1) is 17.3. The Labute approximate surface area is 135 Å². The topological polar surface area (TPSA) is 87.1 Å². The van der Waals surface area contributed by atoms with Crippen LogP contribution in [0.3, 0.4) is 0 Å². The zero-order chi connectivity index (χ0) is 17.0. The number of benzene rings is 1. The second kappa shape index (κ2) is 7.46. The molecule has 0 bridgehead atoms. The van der Waals surface area contributed by atoms with Gasteiger partial charge in [-0.15, -0.1) is 0 Å². The number of aliphatic hydroxyl groups excluding tert-OH is 1. The molecule has 23 heavy (non-hydrogen) atoms. The van der Waals surface area contributed by atoms with Crippen molar-refractivity contribution in [2.75, 3.05) is 13.2 Å². The molecule has 0 saturated heterocycles. The van der Waals surface area contributed by atoms with E-state index in [0.717, 1.165) is 11.9 Å². The van der Waals surface area contributed by atoms with Crippen LogP contribution in [0, 0.1) is 11.8 Å². The first-order valence-electron chi connectivity index (χ1n) is 8.00. The number of aromatic amines is 1. The van der Waals surface area contributed by atoms with E-state index in [1.165, 1.54) is 4.57 Å². The van der Waals surface area contributed by atoms with Crippen LogP contribution < -0.4 is 11.0 Å². The summed E-state index contributed by atoms with van der Waals surface area (Å²) in [6.45, 7) is 4.93. The van der Waals surface area contributed by atoms with E-state index in [4.69, 9.17) is 5.11 Å². The zero-order valence-corrected chi connectivity index (χ0v) is 13.9. The molecule has 2 rings (SSSR count). The van der Waals surface area contributed by atoms with E-state index in [1.807, 2.05) is 0 Å². The minimum Gasteiger partial charge on any atom is -0.396 e. The van der Waals surface area contributed by atoms with Crippen molar-refractivity contribution in [3.8, 4) is 0 Å². The Morgan fingerprint density at radius 2 is 2.13 bits per heavy atom. The van der Waals surface area contributed by atoms with Gasteiger partial charge in [0.05, 0.1) is 11.0 Å². The monoisotopic (exact) mass is 319 g/mol. The number of amides is 1. The van der Waals surface area contributed by atoms with Crippen molar-refractivity contribution in [1.82, 2.24) is 14.9 Å². The van der Waals surface area contributed by atoms with Gasteiger partial charge in [0.1, 0.15) is 0 Å². The van der Waals surface area contributed by atoms with Crippen LogP contribution in [0.5, 0.6) is 0 Å². The van der Waals surface area contributed by atoms with Gasteiger partial charge in [-0.2, -0.15) is 0 Å². The van der Waals surface area contributed by atoms with Crippen molar-refractivity contribution >= 4 is 16.9 Å². The van der Waals surface area contributed by atoms with Gasteiger partial charge < -0.3 is 15.4 Å². The molecule has 126 valence electrons. The number of nitrogens with one attached hydrogen (secondary N) is 2. The maximum atomic E-state index is 12.3. The van der Waals surface area contributed by atoms with Crippen LogP contribution in [-0.4, -0.2) is 33.7 Å². The van der Waals surface area contributed by atoms with Crippen molar-refractivity contribution in [2.45, 2.75) is 26.7 Å². The molecule has 1 atom stereocenters. The Morgan fingerprint density at radius 3 is 2.78 bits per heavy atom. The fourth-order valence-electron chi connectivity index (χ4n) is 2.87. The van der Waals surface area contributed by atoms with Crippen LogP contribution in [0.25, 0.3) is 11.0 Å². The maximum absolute atomic E-state index is 12.3. The van der Waals surface area contributed by atoms with Crippen molar-refractivity contribution in [3.63, 3.8) is 0 Å². The number of H-pyrrole nitrogens is 1. The number of fused-ring (bicyclic) bond motifs is 1. The van der Waals surface area contributed by atoms with E-state index in [-0.39, 0.29) is 24.1 Å². The number of hydrogen-bond donors (Lipinski definition) is 3. The number of aryl methyl sites for hydroxylation is 1. The van der Waals surface area contributed by atoms with Crippen molar-refractivity contribution < 1.29 is 9.90 Å². The fraction of sp³-hybridized carbons (Fsp3) is 0.529. The highest BCUT2D eigenvalue weighted by molar-refractivity contribution is 5.97. The molecule has 2 aromatic rings. The first-order chi connectivity index (χ1) is 10.9. The van der Waals surface area contributed by atoms with Crippen LogP contribution in [0.2, 0.25) is 0 Å². The summed E-state index contributed by atoms with van der Waals surface area (Å²) in [5, 5.41) is 12.1. The lowest BCUT2D eigenvalue weighted by molar-refractivity contribution is 0.0941. The van der Waals surface area contributed by atoms with Gasteiger partial charge >= 0.3 is 5.69 Å². The number of rotatable bonds is 7. The predicted octanol–water partition coefficient (Wildman–Crippen LogP) is 1.64. The molecule has 0 spiro atoms. The average Bonchev–Trinajstić information content (AvgIpc) is 2.78. The summed E-state index contributed by atoms with van der Waals surface area (Å²) in [7, 11) is 1.69. The van der Waals surface area contributed by atoms with Crippen LogP contribution in [0.15, 0.2) is 23.0 Å². The second-order valence-electron chi connectivity index (χ2n) is 6.44. The van der Waals surface area contributed by atoms with Gasteiger partial charge in [0.15, 0.2) is 0 Å². The van der Waals surface area contributed by atoms with Gasteiger partial charge in [0.2, 0.25) is 0 Å². The summed E-state index contributed by atoms with van der Waals surface area (Å²) >= 11 is 0. The predicted molar refractivity (Wildman–Crippen MR) is 90.5 cm³/mol. The number of nitrogens with zero attached hydrogens (tertiary/aromatic N) is 1. The van der Waals surface area contributed by atoms with Gasteiger partial charge in [0, 0.05) is 25.8 Å². The van der Waals surface area contributed by atoms with Crippen LogP contribution in [0.1, 0.15) is 37.0 Å². The molecule has 0 radical (unpaired) electrons. The lowest BCUT2D eigenvalue weighted by Crippen LogP contribution is -2.30. The molecule has 0 fully saturated rings. The lowest BCUT2D eigenvalue weighted by Gasteiger charge is -2.18. The van der Waals surface area contributed by atoms with E-state index in [0.29, 0.717) is 30.0 Å². The maximum Gasteiger partial charge on any atom is 0.326 e.